The first-order valence-electron chi connectivity index (χ1n) is 6.31. The van der Waals surface area contributed by atoms with Crippen LogP contribution in [-0.2, 0) is 19.5 Å². The Morgan fingerprint density at radius 3 is 2.68 bits per heavy atom. The minimum absolute atomic E-state index is 0.128. The molecular formula is C11H11N4O6S-. The van der Waals surface area contributed by atoms with E-state index in [1.807, 2.05) is 0 Å². The van der Waals surface area contributed by atoms with Gasteiger partial charge in [0.15, 0.2) is 0 Å². The number of anilines is 1. The maximum absolute atomic E-state index is 12.2. The highest BCUT2D eigenvalue weighted by Crippen LogP contribution is 2.32. The van der Waals surface area contributed by atoms with E-state index in [1.165, 1.54) is 17.3 Å². The molecule has 2 atom stereocenters. The fourth-order valence-electron chi connectivity index (χ4n) is 2.58. The van der Waals surface area contributed by atoms with Crippen molar-refractivity contribution in [2.45, 2.75) is 18.5 Å². The van der Waals surface area contributed by atoms with Crippen LogP contribution < -0.4 is 5.32 Å². The van der Waals surface area contributed by atoms with Gasteiger partial charge in [-0.25, -0.2) is 13.2 Å². The Morgan fingerprint density at radius 2 is 2.09 bits per heavy atom. The number of nitrogens with zero attached hydrogens (tertiary/aromatic N) is 3. The molecule has 2 bridgehead atoms. The van der Waals surface area contributed by atoms with Gasteiger partial charge < -0.3 is 14.8 Å². The third-order valence-corrected chi connectivity index (χ3v) is 3.81. The zero-order chi connectivity index (χ0) is 15.9. The number of carbonyl (C=O) groups is 2. The van der Waals surface area contributed by atoms with Gasteiger partial charge in [0.1, 0.15) is 6.04 Å². The molecule has 3 heterocycles. The summed E-state index contributed by atoms with van der Waals surface area (Å²) in [5.74, 6) is -0.397. The monoisotopic (exact) mass is 327 g/mol. The molecule has 10 nitrogen and oxygen atoms in total. The first kappa shape index (κ1) is 14.7. The highest BCUT2D eigenvalue weighted by Gasteiger charge is 2.52. The molecule has 1 N–H and O–H groups in total. The summed E-state index contributed by atoms with van der Waals surface area (Å²) >= 11 is 0. The molecule has 3 rings (SSSR count). The minimum Gasteiger partial charge on any atom is -0.724 e. The third kappa shape index (κ3) is 2.73. The molecule has 22 heavy (non-hydrogen) atoms. The number of hydrogen-bond acceptors (Lipinski definition) is 7. The van der Waals surface area contributed by atoms with E-state index < -0.39 is 34.4 Å². The molecule has 11 heteroatoms. The Hall–Kier alpha value is -2.24. The average molecular weight is 327 g/mol. The number of aromatic nitrogens is 1. The van der Waals surface area contributed by atoms with Gasteiger partial charge in [0.25, 0.3) is 0 Å². The third-order valence-electron chi connectivity index (χ3n) is 3.47. The van der Waals surface area contributed by atoms with E-state index in [-0.39, 0.29) is 13.0 Å². The summed E-state index contributed by atoms with van der Waals surface area (Å²) in [7, 11) is -5.03. The van der Waals surface area contributed by atoms with Crippen LogP contribution in [0.4, 0.5) is 10.5 Å². The second kappa shape index (κ2) is 5.19. The Kier molecular flexibility index (Phi) is 3.47. The number of nitrogens with one attached hydrogen (secondary N) is 1. The molecule has 0 unspecified atom stereocenters. The highest BCUT2D eigenvalue weighted by atomic mass is 32.3. The summed E-state index contributed by atoms with van der Waals surface area (Å²) in [6.07, 6.45) is 3.20. The summed E-state index contributed by atoms with van der Waals surface area (Å²) in [6, 6.07) is 0.999. The van der Waals surface area contributed by atoms with Gasteiger partial charge in [-0.15, -0.1) is 0 Å². The lowest BCUT2D eigenvalue weighted by Gasteiger charge is -2.30. The SMILES string of the molecule is O=C(Nc1ccncc1)[C@@H]1C[C@H]2CN1C(=O)N2OS(=O)(=O)[O-]. The van der Waals surface area contributed by atoms with Crippen molar-refractivity contribution in [3.63, 3.8) is 0 Å². The molecule has 1 aromatic heterocycles. The number of fused-ring (bicyclic) bond motifs is 2. The van der Waals surface area contributed by atoms with Gasteiger partial charge in [-0.05, 0) is 12.1 Å². The number of pyridine rings is 1. The lowest BCUT2D eigenvalue weighted by molar-refractivity contribution is -0.121. The Bertz CT molecular complexity index is 709. The second-order valence-electron chi connectivity index (χ2n) is 4.87. The van der Waals surface area contributed by atoms with Crippen LogP contribution in [0.3, 0.4) is 0 Å². The van der Waals surface area contributed by atoms with Crippen molar-refractivity contribution in [3.05, 3.63) is 24.5 Å². The predicted octanol–water partition coefficient (Wildman–Crippen LogP) is -0.710. The van der Waals surface area contributed by atoms with Crippen molar-refractivity contribution in [2.75, 3.05) is 11.9 Å². The Labute approximate surface area is 125 Å². The van der Waals surface area contributed by atoms with Crippen molar-refractivity contribution < 1.29 is 26.8 Å². The molecule has 0 aromatic carbocycles. The van der Waals surface area contributed by atoms with Gasteiger partial charge in [-0.3, -0.25) is 9.78 Å². The first-order chi connectivity index (χ1) is 10.3. The number of amides is 3. The molecule has 0 aliphatic carbocycles. The molecule has 2 saturated heterocycles. The van der Waals surface area contributed by atoms with Crippen LogP contribution in [-0.4, -0.2) is 58.5 Å². The van der Waals surface area contributed by atoms with Crippen molar-refractivity contribution >= 4 is 28.0 Å². The number of hydroxylamine groups is 2. The average Bonchev–Trinajstić information content (AvgIpc) is 2.99. The Morgan fingerprint density at radius 1 is 1.41 bits per heavy atom. The van der Waals surface area contributed by atoms with E-state index in [9.17, 15) is 22.6 Å². The summed E-state index contributed by atoms with van der Waals surface area (Å²) in [6.45, 7) is 0.128. The number of urea groups is 1. The van der Waals surface area contributed by atoms with Gasteiger partial charge >= 0.3 is 6.03 Å². The van der Waals surface area contributed by atoms with E-state index in [4.69, 9.17) is 0 Å². The topological polar surface area (TPSA) is 132 Å². The van der Waals surface area contributed by atoms with E-state index in [0.29, 0.717) is 10.8 Å². The van der Waals surface area contributed by atoms with Crippen LogP contribution >= 0.6 is 0 Å². The van der Waals surface area contributed by atoms with E-state index in [2.05, 4.69) is 14.6 Å². The molecule has 118 valence electrons. The van der Waals surface area contributed by atoms with Crippen LogP contribution in [0.5, 0.6) is 0 Å². The van der Waals surface area contributed by atoms with Gasteiger partial charge in [0.2, 0.25) is 16.3 Å². The largest absolute Gasteiger partial charge is 0.724 e. The molecular weight excluding hydrogens is 316 g/mol. The molecule has 0 spiro atoms. The van der Waals surface area contributed by atoms with Gasteiger partial charge in [-0.2, -0.15) is 9.35 Å². The molecule has 0 saturated carbocycles. The first-order valence-corrected chi connectivity index (χ1v) is 7.64. The van der Waals surface area contributed by atoms with Crippen LogP contribution in [0, 0.1) is 0 Å². The number of rotatable bonds is 4. The van der Waals surface area contributed by atoms with Crippen molar-refractivity contribution in [3.8, 4) is 0 Å². The lowest BCUT2D eigenvalue weighted by atomic mass is 10.1. The van der Waals surface area contributed by atoms with Crippen molar-refractivity contribution in [1.82, 2.24) is 14.9 Å². The second-order valence-corrected chi connectivity index (χ2v) is 5.84. The predicted molar refractivity (Wildman–Crippen MR) is 69.8 cm³/mol. The van der Waals surface area contributed by atoms with Crippen molar-refractivity contribution in [2.24, 2.45) is 0 Å². The quantitative estimate of drug-likeness (QED) is 0.570. The van der Waals surface area contributed by atoms with Gasteiger partial charge in [0.05, 0.1) is 6.04 Å². The number of hydrogen-bond donors (Lipinski definition) is 1. The Balaban J connectivity index is 1.68. The normalized spacial score (nSPS) is 24.0. The van der Waals surface area contributed by atoms with Crippen LogP contribution in [0.25, 0.3) is 0 Å². The van der Waals surface area contributed by atoms with Crippen LogP contribution in [0.1, 0.15) is 6.42 Å². The zero-order valence-corrected chi connectivity index (χ0v) is 11.9. The summed E-state index contributed by atoms with van der Waals surface area (Å²) in [5.41, 5.74) is 0.534. The van der Waals surface area contributed by atoms with Gasteiger partial charge in [-0.1, -0.05) is 0 Å². The fourth-order valence-corrected chi connectivity index (χ4v) is 2.96. The van der Waals surface area contributed by atoms with E-state index >= 15 is 0 Å². The fraction of sp³-hybridized carbons (Fsp3) is 0.364. The van der Waals surface area contributed by atoms with Crippen LogP contribution in [0.15, 0.2) is 24.5 Å². The van der Waals surface area contributed by atoms with Crippen LogP contribution in [0.2, 0.25) is 0 Å². The lowest BCUT2D eigenvalue weighted by Crippen LogP contribution is -2.50. The summed E-state index contributed by atoms with van der Waals surface area (Å²) < 4.78 is 35.9. The standard InChI is InChI=1S/C11H12N4O6S/c16-10(13-7-1-3-12-4-2-7)9-5-8-6-14(9)11(17)15(8)21-22(18,19)20/h1-4,8-9H,5-6H2,(H,12,13,16)(H,18,19,20)/p-1/t8-,9-/m0/s1. The molecule has 2 aliphatic rings. The number of carbonyl (C=O) groups excluding carboxylic acids is 2. The van der Waals surface area contributed by atoms with Gasteiger partial charge in [0, 0.05) is 31.0 Å². The molecule has 2 fully saturated rings. The maximum Gasteiger partial charge on any atom is 0.346 e. The van der Waals surface area contributed by atoms with E-state index in [0.717, 1.165) is 0 Å². The molecule has 2 aliphatic heterocycles. The zero-order valence-electron chi connectivity index (χ0n) is 11.1. The maximum atomic E-state index is 12.2. The molecule has 0 radical (unpaired) electrons. The molecule has 1 aromatic rings. The molecule has 3 amide bonds. The highest BCUT2D eigenvalue weighted by molar-refractivity contribution is 7.80. The smallest absolute Gasteiger partial charge is 0.346 e. The summed E-state index contributed by atoms with van der Waals surface area (Å²) in [5, 5.41) is 3.15. The van der Waals surface area contributed by atoms with E-state index in [1.54, 1.807) is 12.1 Å². The summed E-state index contributed by atoms with van der Waals surface area (Å²) in [4.78, 5) is 29.1. The minimum atomic E-state index is -5.03. The van der Waals surface area contributed by atoms with Crippen molar-refractivity contribution in [1.29, 1.82) is 0 Å².